The van der Waals surface area contributed by atoms with Gasteiger partial charge in [-0.1, -0.05) is 18.2 Å². The van der Waals surface area contributed by atoms with E-state index >= 15 is 0 Å². The van der Waals surface area contributed by atoms with Gasteiger partial charge in [0.25, 0.3) is 5.91 Å². The second-order valence-electron chi connectivity index (χ2n) is 8.82. The maximum absolute atomic E-state index is 12.9. The number of nitrogens with zero attached hydrogens (tertiary/aromatic N) is 6. The Morgan fingerprint density at radius 1 is 0.941 bits per heavy atom. The van der Waals surface area contributed by atoms with E-state index in [-0.39, 0.29) is 5.91 Å². The molecule has 1 aliphatic heterocycles. The van der Waals surface area contributed by atoms with E-state index < -0.39 is 0 Å². The van der Waals surface area contributed by atoms with Crippen LogP contribution in [0.15, 0.2) is 60.8 Å². The fourth-order valence-electron chi connectivity index (χ4n) is 4.47. The molecule has 8 heteroatoms. The van der Waals surface area contributed by atoms with Crippen molar-refractivity contribution >= 4 is 22.8 Å². The van der Waals surface area contributed by atoms with Crippen LogP contribution in [0.5, 0.6) is 5.75 Å². The van der Waals surface area contributed by atoms with Crippen LogP contribution in [-0.2, 0) is 0 Å². The van der Waals surface area contributed by atoms with Gasteiger partial charge >= 0.3 is 0 Å². The normalized spacial score (nSPS) is 16.1. The molecular weight excluding hydrogens is 428 g/mol. The molecule has 1 amide bonds. The molecule has 2 aromatic heterocycles. The Kier molecular flexibility index (Phi) is 5.13. The van der Waals surface area contributed by atoms with Gasteiger partial charge in [0.15, 0.2) is 5.65 Å². The Labute approximate surface area is 197 Å². The van der Waals surface area contributed by atoms with Crippen LogP contribution in [0.4, 0.5) is 5.82 Å². The van der Waals surface area contributed by atoms with Gasteiger partial charge in [-0.15, -0.1) is 0 Å². The molecule has 1 aliphatic carbocycles. The summed E-state index contributed by atoms with van der Waals surface area (Å²) in [7, 11) is 1.66. The number of piperazine rings is 1. The second-order valence-corrected chi connectivity index (χ2v) is 8.82. The van der Waals surface area contributed by atoms with Crippen LogP contribution < -0.4 is 9.64 Å². The lowest BCUT2D eigenvalue weighted by molar-refractivity contribution is 0.0746. The first kappa shape index (κ1) is 20.7. The summed E-state index contributed by atoms with van der Waals surface area (Å²) in [5.41, 5.74) is 2.48. The first-order chi connectivity index (χ1) is 16.7. The Hall–Kier alpha value is -3.94. The molecule has 0 radical (unpaired) electrons. The number of methoxy groups -OCH3 is 1. The molecule has 8 nitrogen and oxygen atoms in total. The Morgan fingerprint density at radius 2 is 1.68 bits per heavy atom. The Bertz CT molecular complexity index is 1320. The minimum atomic E-state index is 0.0825. The number of anilines is 1. The van der Waals surface area contributed by atoms with Crippen molar-refractivity contribution in [1.29, 1.82) is 0 Å². The predicted octanol–water partition coefficient (Wildman–Crippen LogP) is 3.66. The van der Waals surface area contributed by atoms with E-state index in [1.54, 1.807) is 7.11 Å². The van der Waals surface area contributed by atoms with Gasteiger partial charge in [0.05, 0.1) is 24.4 Å². The standard InChI is InChI=1S/C26H26N6O2/c1-34-21-11-9-20(10-12-21)32-25-22(17-27-32)24(28-23(29-25)18-7-8-18)30-13-15-31(16-14-30)26(33)19-5-3-2-4-6-19/h2-6,9-12,17-18H,7-8,13-16H2,1H3. The quantitative estimate of drug-likeness (QED) is 0.458. The molecule has 6 rings (SSSR count). The van der Waals surface area contributed by atoms with E-state index in [4.69, 9.17) is 14.7 Å². The van der Waals surface area contributed by atoms with Crippen LogP contribution in [-0.4, -0.2) is 63.8 Å². The molecule has 172 valence electrons. The SMILES string of the molecule is COc1ccc(-n2ncc3c(N4CCN(C(=O)c5ccccc5)CC4)nc(C4CC4)nc32)cc1. The number of carbonyl (C=O) groups excluding carboxylic acids is 1. The van der Waals surface area contributed by atoms with Crippen molar-refractivity contribution in [2.24, 2.45) is 0 Å². The summed E-state index contributed by atoms with van der Waals surface area (Å²) in [4.78, 5) is 27.0. The molecule has 0 bridgehead atoms. The average Bonchev–Trinajstić information content (AvgIpc) is 3.67. The summed E-state index contributed by atoms with van der Waals surface area (Å²) >= 11 is 0. The molecule has 34 heavy (non-hydrogen) atoms. The summed E-state index contributed by atoms with van der Waals surface area (Å²) in [6.45, 7) is 2.76. The van der Waals surface area contributed by atoms with E-state index in [0.717, 1.165) is 65.6 Å². The van der Waals surface area contributed by atoms with Crippen molar-refractivity contribution < 1.29 is 9.53 Å². The van der Waals surface area contributed by atoms with Crippen LogP contribution in [0.2, 0.25) is 0 Å². The van der Waals surface area contributed by atoms with Crippen molar-refractivity contribution in [3.63, 3.8) is 0 Å². The highest BCUT2D eigenvalue weighted by molar-refractivity contribution is 5.94. The molecule has 1 saturated carbocycles. The van der Waals surface area contributed by atoms with Crippen LogP contribution in [0.3, 0.4) is 0 Å². The topological polar surface area (TPSA) is 76.4 Å². The van der Waals surface area contributed by atoms with Crippen LogP contribution >= 0.6 is 0 Å². The molecule has 0 unspecified atom stereocenters. The van der Waals surface area contributed by atoms with E-state index in [9.17, 15) is 4.79 Å². The molecule has 2 fully saturated rings. The zero-order valence-electron chi connectivity index (χ0n) is 19.1. The van der Waals surface area contributed by atoms with Crippen molar-refractivity contribution in [2.45, 2.75) is 18.8 Å². The van der Waals surface area contributed by atoms with Gasteiger partial charge in [-0.2, -0.15) is 5.10 Å². The van der Waals surface area contributed by atoms with Gasteiger partial charge in [0.1, 0.15) is 17.4 Å². The first-order valence-electron chi connectivity index (χ1n) is 11.7. The number of hydrogen-bond donors (Lipinski definition) is 0. The first-order valence-corrected chi connectivity index (χ1v) is 11.7. The number of rotatable bonds is 5. The molecule has 4 aromatic rings. The van der Waals surface area contributed by atoms with E-state index in [1.165, 1.54) is 0 Å². The summed E-state index contributed by atoms with van der Waals surface area (Å²) < 4.78 is 7.17. The highest BCUT2D eigenvalue weighted by Crippen LogP contribution is 2.40. The Morgan fingerprint density at radius 3 is 2.35 bits per heavy atom. The summed E-state index contributed by atoms with van der Waals surface area (Å²) in [5, 5.41) is 5.60. The number of fused-ring (bicyclic) bond motifs is 1. The third-order valence-electron chi connectivity index (χ3n) is 6.57. The van der Waals surface area contributed by atoms with E-state index in [0.29, 0.717) is 19.0 Å². The predicted molar refractivity (Wildman–Crippen MR) is 130 cm³/mol. The van der Waals surface area contributed by atoms with Gasteiger partial charge in [-0.25, -0.2) is 14.6 Å². The van der Waals surface area contributed by atoms with Crippen LogP contribution in [0.1, 0.15) is 34.9 Å². The number of carbonyl (C=O) groups is 1. The van der Waals surface area contributed by atoms with Gasteiger partial charge in [-0.3, -0.25) is 4.79 Å². The second kappa shape index (κ2) is 8.44. The molecule has 2 aliphatic rings. The van der Waals surface area contributed by atoms with Gasteiger partial charge < -0.3 is 14.5 Å². The molecule has 1 saturated heterocycles. The van der Waals surface area contributed by atoms with Crippen molar-refractivity contribution in [1.82, 2.24) is 24.6 Å². The molecule has 0 atom stereocenters. The fourth-order valence-corrected chi connectivity index (χ4v) is 4.47. The maximum Gasteiger partial charge on any atom is 0.253 e. The van der Waals surface area contributed by atoms with Gasteiger partial charge in [0, 0.05) is 37.7 Å². The molecule has 0 spiro atoms. The average molecular weight is 455 g/mol. The van der Waals surface area contributed by atoms with Crippen LogP contribution in [0.25, 0.3) is 16.7 Å². The number of amides is 1. The number of ether oxygens (including phenoxy) is 1. The van der Waals surface area contributed by atoms with Crippen LogP contribution in [0, 0.1) is 0 Å². The third kappa shape index (κ3) is 3.75. The smallest absolute Gasteiger partial charge is 0.253 e. The highest BCUT2D eigenvalue weighted by Gasteiger charge is 2.31. The number of aromatic nitrogens is 4. The lowest BCUT2D eigenvalue weighted by atomic mass is 10.2. The van der Waals surface area contributed by atoms with E-state index in [2.05, 4.69) is 10.00 Å². The minimum Gasteiger partial charge on any atom is -0.497 e. The molecule has 3 heterocycles. The highest BCUT2D eigenvalue weighted by atomic mass is 16.5. The van der Waals surface area contributed by atoms with E-state index in [1.807, 2.05) is 70.4 Å². The number of benzene rings is 2. The lowest BCUT2D eigenvalue weighted by Crippen LogP contribution is -2.49. The van der Waals surface area contributed by atoms with Crippen molar-refractivity contribution in [2.75, 3.05) is 38.2 Å². The molecule has 0 N–H and O–H groups in total. The lowest BCUT2D eigenvalue weighted by Gasteiger charge is -2.35. The monoisotopic (exact) mass is 454 g/mol. The summed E-state index contributed by atoms with van der Waals surface area (Å²) in [6.07, 6.45) is 4.11. The maximum atomic E-state index is 12.9. The van der Waals surface area contributed by atoms with Gasteiger partial charge in [0.2, 0.25) is 0 Å². The fraction of sp³-hybridized carbons (Fsp3) is 0.308. The molecular formula is C26H26N6O2. The largest absolute Gasteiger partial charge is 0.497 e. The van der Waals surface area contributed by atoms with Gasteiger partial charge in [-0.05, 0) is 49.2 Å². The number of hydrogen-bond acceptors (Lipinski definition) is 6. The third-order valence-corrected chi connectivity index (χ3v) is 6.57. The summed E-state index contributed by atoms with van der Waals surface area (Å²) in [6, 6.07) is 17.3. The Balaban J connectivity index is 1.30. The van der Waals surface area contributed by atoms with Crippen molar-refractivity contribution in [3.05, 3.63) is 72.2 Å². The summed E-state index contributed by atoms with van der Waals surface area (Å²) in [5.74, 6) is 3.11. The van der Waals surface area contributed by atoms with Crippen molar-refractivity contribution in [3.8, 4) is 11.4 Å². The zero-order chi connectivity index (χ0) is 23.1. The zero-order valence-corrected chi connectivity index (χ0v) is 19.1. The molecule has 2 aromatic carbocycles. The minimum absolute atomic E-state index is 0.0825.